The minimum atomic E-state index is -1.03. The van der Waals surface area contributed by atoms with E-state index in [9.17, 15) is 14.9 Å². The van der Waals surface area contributed by atoms with E-state index in [1.807, 2.05) is 32.0 Å². The predicted molar refractivity (Wildman–Crippen MR) is 91.5 cm³/mol. The highest BCUT2D eigenvalue weighted by Crippen LogP contribution is 2.16. The van der Waals surface area contributed by atoms with Crippen LogP contribution in [0.2, 0.25) is 0 Å². The van der Waals surface area contributed by atoms with Crippen molar-refractivity contribution in [2.45, 2.75) is 13.8 Å². The number of nitrogens with one attached hydrogen (secondary N) is 1. The molecule has 0 atom stereocenters. The van der Waals surface area contributed by atoms with E-state index in [-0.39, 0.29) is 11.1 Å². The van der Waals surface area contributed by atoms with E-state index in [1.54, 1.807) is 18.2 Å². The number of nitrogens with zero attached hydrogens (tertiary/aromatic N) is 1. The van der Waals surface area contributed by atoms with Gasteiger partial charge in [0.25, 0.3) is 5.91 Å². The zero-order valence-electron chi connectivity index (χ0n) is 13.3. The summed E-state index contributed by atoms with van der Waals surface area (Å²) in [7, 11) is 0. The first-order valence-corrected chi connectivity index (χ1v) is 7.24. The summed E-state index contributed by atoms with van der Waals surface area (Å²) in [6.45, 7) is 3.92. The summed E-state index contributed by atoms with van der Waals surface area (Å²) in [4.78, 5) is 23.0. The highest BCUT2D eigenvalue weighted by molar-refractivity contribution is 6.09. The highest BCUT2D eigenvalue weighted by Gasteiger charge is 2.10. The van der Waals surface area contributed by atoms with E-state index in [4.69, 9.17) is 5.11 Å². The molecule has 0 heterocycles. The third-order valence-corrected chi connectivity index (χ3v) is 3.60. The molecule has 0 aliphatic rings. The lowest BCUT2D eigenvalue weighted by molar-refractivity contribution is -0.112. The zero-order valence-corrected chi connectivity index (χ0v) is 13.3. The van der Waals surface area contributed by atoms with E-state index in [0.29, 0.717) is 11.3 Å². The summed E-state index contributed by atoms with van der Waals surface area (Å²) < 4.78 is 0. The zero-order chi connectivity index (χ0) is 17.7. The van der Waals surface area contributed by atoms with E-state index in [0.717, 1.165) is 11.1 Å². The number of carboxylic acid groups (broad SMARTS) is 1. The first-order valence-electron chi connectivity index (χ1n) is 7.24. The Labute approximate surface area is 139 Å². The van der Waals surface area contributed by atoms with E-state index >= 15 is 0 Å². The van der Waals surface area contributed by atoms with Gasteiger partial charge < -0.3 is 10.4 Å². The largest absolute Gasteiger partial charge is 0.478 e. The van der Waals surface area contributed by atoms with Crippen LogP contribution in [0, 0.1) is 25.2 Å². The number of carbonyl (C=O) groups is 2. The second-order valence-corrected chi connectivity index (χ2v) is 5.35. The smallest absolute Gasteiger partial charge is 0.335 e. The molecule has 0 aliphatic carbocycles. The molecular weight excluding hydrogens is 304 g/mol. The standard InChI is InChI=1S/C19H16N2O3/c1-12-3-8-17(9-13(12)2)21-18(22)16(11-20)10-14-4-6-15(7-5-14)19(23)24/h3-10H,1-2H3,(H,21,22)(H,23,24)/b16-10-. The molecule has 2 aromatic carbocycles. The number of benzene rings is 2. The van der Waals surface area contributed by atoms with Crippen molar-refractivity contribution >= 4 is 23.6 Å². The van der Waals surface area contributed by atoms with Crippen molar-refractivity contribution in [2.75, 3.05) is 5.32 Å². The summed E-state index contributed by atoms with van der Waals surface area (Å²) in [5.41, 5.74) is 3.43. The Kier molecular flexibility index (Phi) is 5.13. The van der Waals surface area contributed by atoms with Crippen molar-refractivity contribution in [2.24, 2.45) is 0 Å². The molecule has 1 amide bonds. The van der Waals surface area contributed by atoms with Crippen LogP contribution in [-0.4, -0.2) is 17.0 Å². The number of aromatic carboxylic acids is 1. The van der Waals surface area contributed by atoms with Gasteiger partial charge in [0, 0.05) is 5.69 Å². The van der Waals surface area contributed by atoms with Crippen LogP contribution in [0.4, 0.5) is 5.69 Å². The van der Waals surface area contributed by atoms with Crippen LogP contribution in [0.15, 0.2) is 48.0 Å². The Morgan fingerprint density at radius 1 is 1.08 bits per heavy atom. The van der Waals surface area contributed by atoms with Crippen molar-refractivity contribution in [1.82, 2.24) is 0 Å². The van der Waals surface area contributed by atoms with Gasteiger partial charge in [-0.3, -0.25) is 4.79 Å². The molecule has 0 aromatic heterocycles. The van der Waals surface area contributed by atoms with Crippen molar-refractivity contribution < 1.29 is 14.7 Å². The number of anilines is 1. The van der Waals surface area contributed by atoms with Gasteiger partial charge in [-0.2, -0.15) is 5.26 Å². The van der Waals surface area contributed by atoms with E-state index in [1.165, 1.54) is 18.2 Å². The first-order chi connectivity index (χ1) is 11.4. The van der Waals surface area contributed by atoms with Gasteiger partial charge in [0.05, 0.1) is 5.56 Å². The molecule has 2 aromatic rings. The molecule has 0 saturated heterocycles. The van der Waals surface area contributed by atoms with E-state index < -0.39 is 11.9 Å². The van der Waals surface area contributed by atoms with Gasteiger partial charge >= 0.3 is 5.97 Å². The van der Waals surface area contributed by atoms with Crippen LogP contribution in [0.25, 0.3) is 6.08 Å². The number of carboxylic acids is 1. The maximum atomic E-state index is 12.2. The second-order valence-electron chi connectivity index (χ2n) is 5.35. The normalized spacial score (nSPS) is 10.8. The molecule has 120 valence electrons. The molecule has 24 heavy (non-hydrogen) atoms. The third kappa shape index (κ3) is 4.08. The fraction of sp³-hybridized carbons (Fsp3) is 0.105. The van der Waals surface area contributed by atoms with Crippen LogP contribution in [0.5, 0.6) is 0 Å². The van der Waals surface area contributed by atoms with Gasteiger partial charge in [0.15, 0.2) is 0 Å². The fourth-order valence-corrected chi connectivity index (χ4v) is 2.05. The van der Waals surface area contributed by atoms with Gasteiger partial charge in [-0.05, 0) is 60.9 Å². The predicted octanol–water partition coefficient (Wildman–Crippen LogP) is 3.55. The summed E-state index contributed by atoms with van der Waals surface area (Å²) in [6, 6.07) is 13.3. The Balaban J connectivity index is 2.20. The lowest BCUT2D eigenvalue weighted by atomic mass is 10.1. The molecular formula is C19H16N2O3. The maximum Gasteiger partial charge on any atom is 0.335 e. The van der Waals surface area contributed by atoms with Crippen LogP contribution >= 0.6 is 0 Å². The summed E-state index contributed by atoms with van der Waals surface area (Å²) >= 11 is 0. The van der Waals surface area contributed by atoms with Crippen LogP contribution < -0.4 is 5.32 Å². The van der Waals surface area contributed by atoms with Gasteiger partial charge in [-0.25, -0.2) is 4.79 Å². The lowest BCUT2D eigenvalue weighted by Crippen LogP contribution is -2.13. The van der Waals surface area contributed by atoms with Gasteiger partial charge in [-0.1, -0.05) is 18.2 Å². The number of hydrogen-bond acceptors (Lipinski definition) is 3. The summed E-state index contributed by atoms with van der Waals surface area (Å²) in [5, 5.41) is 20.8. The van der Waals surface area contributed by atoms with Crippen LogP contribution in [0.1, 0.15) is 27.0 Å². The molecule has 0 aliphatic heterocycles. The average molecular weight is 320 g/mol. The molecule has 5 nitrogen and oxygen atoms in total. The number of carbonyl (C=O) groups excluding carboxylic acids is 1. The fourth-order valence-electron chi connectivity index (χ4n) is 2.05. The highest BCUT2D eigenvalue weighted by atomic mass is 16.4. The Bertz CT molecular complexity index is 859. The van der Waals surface area contributed by atoms with Gasteiger partial charge in [0.1, 0.15) is 11.6 Å². The Hall–Kier alpha value is -3.39. The first kappa shape index (κ1) is 17.0. The second kappa shape index (κ2) is 7.25. The molecule has 5 heteroatoms. The molecule has 0 saturated carbocycles. The third-order valence-electron chi connectivity index (χ3n) is 3.60. The van der Waals surface area contributed by atoms with Crippen molar-refractivity contribution in [3.05, 3.63) is 70.3 Å². The minimum Gasteiger partial charge on any atom is -0.478 e. The van der Waals surface area contributed by atoms with Crippen molar-refractivity contribution in [3.8, 4) is 6.07 Å². The SMILES string of the molecule is Cc1ccc(NC(=O)/C(C#N)=C\c2ccc(C(=O)O)cc2)cc1C. The number of amides is 1. The van der Waals surface area contributed by atoms with Crippen LogP contribution in [-0.2, 0) is 4.79 Å². The number of rotatable bonds is 4. The van der Waals surface area contributed by atoms with Crippen molar-refractivity contribution in [3.63, 3.8) is 0 Å². The van der Waals surface area contributed by atoms with Gasteiger partial charge in [-0.15, -0.1) is 0 Å². The molecule has 0 bridgehead atoms. The Morgan fingerprint density at radius 2 is 1.75 bits per heavy atom. The topological polar surface area (TPSA) is 90.2 Å². The quantitative estimate of drug-likeness (QED) is 0.666. The monoisotopic (exact) mass is 320 g/mol. The molecule has 2 N–H and O–H groups in total. The average Bonchev–Trinajstić information content (AvgIpc) is 2.56. The molecule has 0 fully saturated rings. The summed E-state index contributed by atoms with van der Waals surface area (Å²) in [6.07, 6.45) is 1.42. The lowest BCUT2D eigenvalue weighted by Gasteiger charge is -2.07. The van der Waals surface area contributed by atoms with E-state index in [2.05, 4.69) is 5.32 Å². The molecule has 0 unspecified atom stereocenters. The van der Waals surface area contributed by atoms with Crippen LogP contribution in [0.3, 0.4) is 0 Å². The number of hydrogen-bond donors (Lipinski definition) is 2. The summed E-state index contributed by atoms with van der Waals surface area (Å²) in [5.74, 6) is -1.54. The molecule has 0 spiro atoms. The van der Waals surface area contributed by atoms with Gasteiger partial charge in [0.2, 0.25) is 0 Å². The number of nitriles is 1. The van der Waals surface area contributed by atoms with Crippen molar-refractivity contribution in [1.29, 1.82) is 5.26 Å². The maximum absolute atomic E-state index is 12.2. The Morgan fingerprint density at radius 3 is 2.29 bits per heavy atom. The molecule has 2 rings (SSSR count). The molecule has 0 radical (unpaired) electrons. The number of aryl methyl sites for hydroxylation is 2. The minimum absolute atomic E-state index is 0.0590.